The smallest absolute Gasteiger partial charge is 0.119 e. The number of hydrogen-bond donors (Lipinski definition) is 2. The molecule has 1 aromatic carbocycles. The van der Waals surface area contributed by atoms with Crippen molar-refractivity contribution in [2.75, 3.05) is 26.9 Å². The Balaban J connectivity index is 2.13. The molecule has 0 fully saturated rings. The molecule has 1 unspecified atom stereocenters. The van der Waals surface area contributed by atoms with Gasteiger partial charge in [0.2, 0.25) is 0 Å². The molecular formula is C14H23NO3. The Labute approximate surface area is 109 Å². The average molecular weight is 253 g/mol. The van der Waals surface area contributed by atoms with Gasteiger partial charge in [0.25, 0.3) is 0 Å². The molecule has 4 nitrogen and oxygen atoms in total. The molecule has 1 aromatic rings. The number of benzene rings is 1. The Hall–Kier alpha value is -1.26. The van der Waals surface area contributed by atoms with E-state index in [-0.39, 0.29) is 6.61 Å². The molecule has 0 heterocycles. The van der Waals surface area contributed by atoms with Crippen LogP contribution in [-0.2, 0) is 0 Å². The predicted octanol–water partition coefficient (Wildman–Crippen LogP) is 1.82. The Bertz CT molecular complexity index is 313. The van der Waals surface area contributed by atoms with Crippen molar-refractivity contribution >= 4 is 0 Å². The highest BCUT2D eigenvalue weighted by molar-refractivity contribution is 5.31. The highest BCUT2D eigenvalue weighted by Gasteiger charge is 2.00. The lowest BCUT2D eigenvalue weighted by Crippen LogP contribution is -2.30. The van der Waals surface area contributed by atoms with Crippen LogP contribution in [0.1, 0.15) is 19.8 Å². The van der Waals surface area contributed by atoms with Crippen LogP contribution in [0.5, 0.6) is 11.5 Å². The summed E-state index contributed by atoms with van der Waals surface area (Å²) < 4.78 is 10.7. The number of methoxy groups -OCH3 is 1. The van der Waals surface area contributed by atoms with Crippen LogP contribution >= 0.6 is 0 Å². The van der Waals surface area contributed by atoms with Crippen molar-refractivity contribution in [3.8, 4) is 11.5 Å². The fourth-order valence-electron chi connectivity index (χ4n) is 1.65. The lowest BCUT2D eigenvalue weighted by atomic mass is 10.2. The van der Waals surface area contributed by atoms with E-state index in [2.05, 4.69) is 12.2 Å². The van der Waals surface area contributed by atoms with Gasteiger partial charge in [-0.15, -0.1) is 0 Å². The molecule has 0 amide bonds. The van der Waals surface area contributed by atoms with Crippen molar-refractivity contribution in [2.24, 2.45) is 0 Å². The minimum atomic E-state index is 0.258. The Morgan fingerprint density at radius 2 is 1.89 bits per heavy atom. The van der Waals surface area contributed by atoms with Gasteiger partial charge in [0, 0.05) is 19.2 Å². The van der Waals surface area contributed by atoms with Crippen LogP contribution in [0.4, 0.5) is 0 Å². The summed E-state index contributed by atoms with van der Waals surface area (Å²) in [4.78, 5) is 0. The summed E-state index contributed by atoms with van der Waals surface area (Å²) in [6, 6.07) is 7.97. The summed E-state index contributed by atoms with van der Waals surface area (Å²) in [7, 11) is 1.65. The molecule has 102 valence electrons. The van der Waals surface area contributed by atoms with Crippen LogP contribution < -0.4 is 14.8 Å². The zero-order chi connectivity index (χ0) is 13.2. The van der Waals surface area contributed by atoms with Gasteiger partial charge < -0.3 is 19.9 Å². The fraction of sp³-hybridized carbons (Fsp3) is 0.571. The Kier molecular flexibility index (Phi) is 7.22. The summed E-state index contributed by atoms with van der Waals surface area (Å²) in [5, 5.41) is 12.1. The molecule has 4 heteroatoms. The molecule has 0 saturated carbocycles. The third-order valence-electron chi connectivity index (χ3n) is 2.72. The highest BCUT2D eigenvalue weighted by atomic mass is 16.5. The maximum absolute atomic E-state index is 8.72. The van der Waals surface area contributed by atoms with E-state index in [1.807, 2.05) is 24.3 Å². The van der Waals surface area contributed by atoms with Gasteiger partial charge in [-0.1, -0.05) is 0 Å². The molecule has 0 saturated heterocycles. The molecular weight excluding hydrogens is 230 g/mol. The Morgan fingerprint density at radius 1 is 1.22 bits per heavy atom. The van der Waals surface area contributed by atoms with E-state index in [4.69, 9.17) is 14.6 Å². The largest absolute Gasteiger partial charge is 0.497 e. The standard InChI is InChI=1S/C14H23NO3/c1-12(4-3-10-16)15-9-11-18-14-7-5-13(17-2)6-8-14/h5-8,12,15-16H,3-4,9-11H2,1-2H3. The van der Waals surface area contributed by atoms with Gasteiger partial charge in [0.15, 0.2) is 0 Å². The lowest BCUT2D eigenvalue weighted by molar-refractivity contribution is 0.270. The topological polar surface area (TPSA) is 50.7 Å². The van der Waals surface area contributed by atoms with Gasteiger partial charge in [-0.05, 0) is 44.0 Å². The van der Waals surface area contributed by atoms with E-state index in [9.17, 15) is 0 Å². The minimum Gasteiger partial charge on any atom is -0.497 e. The molecule has 18 heavy (non-hydrogen) atoms. The minimum absolute atomic E-state index is 0.258. The zero-order valence-electron chi connectivity index (χ0n) is 11.2. The highest BCUT2D eigenvalue weighted by Crippen LogP contribution is 2.16. The number of aliphatic hydroxyl groups is 1. The summed E-state index contributed by atoms with van der Waals surface area (Å²) in [5.41, 5.74) is 0. The predicted molar refractivity (Wildman–Crippen MR) is 72.3 cm³/mol. The maximum atomic E-state index is 8.72. The van der Waals surface area contributed by atoms with E-state index in [0.717, 1.165) is 30.9 Å². The monoisotopic (exact) mass is 253 g/mol. The van der Waals surface area contributed by atoms with E-state index < -0.39 is 0 Å². The molecule has 0 aliphatic rings. The second-order valence-corrected chi connectivity index (χ2v) is 4.24. The molecule has 0 bridgehead atoms. The third kappa shape index (κ3) is 5.89. The van der Waals surface area contributed by atoms with Gasteiger partial charge in [0.05, 0.1) is 7.11 Å². The van der Waals surface area contributed by atoms with Crippen LogP contribution in [0.15, 0.2) is 24.3 Å². The molecule has 1 rings (SSSR count). The number of aliphatic hydroxyl groups excluding tert-OH is 1. The second-order valence-electron chi connectivity index (χ2n) is 4.24. The van der Waals surface area contributed by atoms with Crippen LogP contribution in [0.3, 0.4) is 0 Å². The fourth-order valence-corrected chi connectivity index (χ4v) is 1.65. The summed E-state index contributed by atoms with van der Waals surface area (Å²) in [6.07, 6.45) is 1.83. The number of hydrogen-bond acceptors (Lipinski definition) is 4. The molecule has 2 N–H and O–H groups in total. The maximum Gasteiger partial charge on any atom is 0.119 e. The number of rotatable bonds is 9. The summed E-state index contributed by atoms with van der Waals surface area (Å²) >= 11 is 0. The van der Waals surface area contributed by atoms with Gasteiger partial charge >= 0.3 is 0 Å². The van der Waals surface area contributed by atoms with Crippen molar-refractivity contribution in [1.29, 1.82) is 0 Å². The molecule has 0 spiro atoms. The average Bonchev–Trinajstić information content (AvgIpc) is 2.42. The number of nitrogens with one attached hydrogen (secondary N) is 1. The van der Waals surface area contributed by atoms with Gasteiger partial charge in [0.1, 0.15) is 18.1 Å². The van der Waals surface area contributed by atoms with Gasteiger partial charge in [-0.2, -0.15) is 0 Å². The molecule has 0 aliphatic carbocycles. The van der Waals surface area contributed by atoms with Crippen LogP contribution in [-0.4, -0.2) is 38.0 Å². The van der Waals surface area contributed by atoms with Crippen molar-refractivity contribution in [3.63, 3.8) is 0 Å². The molecule has 0 aliphatic heterocycles. The first-order valence-electron chi connectivity index (χ1n) is 6.37. The summed E-state index contributed by atoms with van der Waals surface area (Å²) in [5.74, 6) is 1.68. The van der Waals surface area contributed by atoms with Crippen LogP contribution in [0.25, 0.3) is 0 Å². The van der Waals surface area contributed by atoms with Crippen molar-refractivity contribution < 1.29 is 14.6 Å². The molecule has 0 aromatic heterocycles. The van der Waals surface area contributed by atoms with E-state index >= 15 is 0 Å². The lowest BCUT2D eigenvalue weighted by Gasteiger charge is -2.13. The van der Waals surface area contributed by atoms with Crippen molar-refractivity contribution in [2.45, 2.75) is 25.8 Å². The third-order valence-corrected chi connectivity index (χ3v) is 2.72. The molecule has 1 atom stereocenters. The molecule has 0 radical (unpaired) electrons. The first kappa shape index (κ1) is 14.8. The normalized spacial score (nSPS) is 12.2. The first-order valence-corrected chi connectivity index (χ1v) is 6.37. The Morgan fingerprint density at radius 3 is 2.50 bits per heavy atom. The van der Waals surface area contributed by atoms with E-state index in [0.29, 0.717) is 12.6 Å². The van der Waals surface area contributed by atoms with E-state index in [1.165, 1.54) is 0 Å². The number of ether oxygens (including phenoxy) is 2. The zero-order valence-corrected chi connectivity index (χ0v) is 11.2. The van der Waals surface area contributed by atoms with Gasteiger partial charge in [-0.3, -0.25) is 0 Å². The van der Waals surface area contributed by atoms with E-state index in [1.54, 1.807) is 7.11 Å². The first-order chi connectivity index (χ1) is 8.76. The van der Waals surface area contributed by atoms with Gasteiger partial charge in [-0.25, -0.2) is 0 Å². The van der Waals surface area contributed by atoms with Crippen molar-refractivity contribution in [3.05, 3.63) is 24.3 Å². The second kappa shape index (κ2) is 8.78. The summed E-state index contributed by atoms with van der Waals surface area (Å²) in [6.45, 7) is 3.81. The van der Waals surface area contributed by atoms with Crippen LogP contribution in [0, 0.1) is 0 Å². The van der Waals surface area contributed by atoms with Crippen LogP contribution in [0.2, 0.25) is 0 Å². The van der Waals surface area contributed by atoms with Crippen molar-refractivity contribution in [1.82, 2.24) is 5.32 Å². The SMILES string of the molecule is COc1ccc(OCCNC(C)CCCO)cc1. The quantitative estimate of drug-likeness (QED) is 0.659.